The van der Waals surface area contributed by atoms with E-state index in [9.17, 15) is 0 Å². The molecule has 0 fully saturated rings. The maximum Gasteiger partial charge on any atom is 0.0894 e. The Kier molecular flexibility index (Phi) is 3.00. The van der Waals surface area contributed by atoms with E-state index in [-0.39, 0.29) is 29.6 Å². The van der Waals surface area contributed by atoms with Crippen LogP contribution in [0.3, 0.4) is 0 Å². The summed E-state index contributed by atoms with van der Waals surface area (Å²) >= 11 is 0. The molecule has 0 spiro atoms. The number of hydrogen-bond donors (Lipinski definition) is 0. The number of hydrogen-bond acceptors (Lipinski definition) is 2. The molecule has 3 rings (SSSR count). The van der Waals surface area contributed by atoms with Gasteiger partial charge in [0.15, 0.2) is 0 Å². The zero-order valence-corrected chi connectivity index (χ0v) is 10.5. The topological polar surface area (TPSA) is 25.8 Å². The molecule has 0 bridgehead atoms. The molecule has 3 heteroatoms. The van der Waals surface area contributed by atoms with Crippen molar-refractivity contribution in [1.82, 2.24) is 9.97 Å². The van der Waals surface area contributed by atoms with Gasteiger partial charge in [-0.15, -0.1) is 0 Å². The van der Waals surface area contributed by atoms with Gasteiger partial charge in [0.05, 0.1) is 22.1 Å². The van der Waals surface area contributed by atoms with Crippen LogP contribution in [0.4, 0.5) is 0 Å². The SMILES string of the molecule is [Na].c1ccc2nc3ccccc3nc2c1. The van der Waals surface area contributed by atoms with Gasteiger partial charge in [-0.3, -0.25) is 0 Å². The summed E-state index contributed by atoms with van der Waals surface area (Å²) in [6.07, 6.45) is 0. The van der Waals surface area contributed by atoms with Crippen LogP contribution in [0, 0.1) is 0 Å². The summed E-state index contributed by atoms with van der Waals surface area (Å²) in [4.78, 5) is 9.03. The second kappa shape index (κ2) is 4.27. The Morgan fingerprint density at radius 1 is 0.533 bits per heavy atom. The molecule has 0 aliphatic carbocycles. The van der Waals surface area contributed by atoms with Gasteiger partial charge < -0.3 is 0 Å². The first kappa shape index (κ1) is 10.6. The minimum Gasteiger partial charge on any atom is -0.245 e. The van der Waals surface area contributed by atoms with Crippen molar-refractivity contribution in [3.63, 3.8) is 0 Å². The van der Waals surface area contributed by atoms with Crippen LogP contribution < -0.4 is 0 Å². The van der Waals surface area contributed by atoms with E-state index in [0.717, 1.165) is 22.1 Å². The van der Waals surface area contributed by atoms with Crippen molar-refractivity contribution < 1.29 is 0 Å². The van der Waals surface area contributed by atoms with E-state index < -0.39 is 0 Å². The molecular weight excluding hydrogens is 195 g/mol. The van der Waals surface area contributed by atoms with Gasteiger partial charge in [0.1, 0.15) is 0 Å². The predicted octanol–water partition coefficient (Wildman–Crippen LogP) is 2.40. The molecule has 3 aromatic rings. The monoisotopic (exact) mass is 203 g/mol. The second-order valence-corrected chi connectivity index (χ2v) is 3.20. The molecule has 0 N–H and O–H groups in total. The standard InChI is InChI=1S/C12H8N2.Na/c1-2-6-10-9(5-1)13-11-7-3-4-8-12(11)14-10;/h1-8H;. The van der Waals surface area contributed by atoms with Crippen LogP contribution in [-0.2, 0) is 0 Å². The molecule has 1 aromatic heterocycles. The maximum atomic E-state index is 4.52. The predicted molar refractivity (Wildman–Crippen MR) is 62.8 cm³/mol. The van der Waals surface area contributed by atoms with Crippen molar-refractivity contribution in [3.8, 4) is 0 Å². The molecule has 1 heterocycles. The van der Waals surface area contributed by atoms with Gasteiger partial charge in [-0.25, -0.2) is 9.97 Å². The minimum atomic E-state index is 0. The van der Waals surface area contributed by atoms with Gasteiger partial charge >= 0.3 is 0 Å². The average Bonchev–Trinajstić information content (AvgIpc) is 2.26. The number of benzene rings is 2. The van der Waals surface area contributed by atoms with E-state index in [1.54, 1.807) is 0 Å². The number of para-hydroxylation sites is 4. The molecule has 2 aromatic carbocycles. The van der Waals surface area contributed by atoms with E-state index in [2.05, 4.69) is 9.97 Å². The van der Waals surface area contributed by atoms with Crippen LogP contribution in [0.2, 0.25) is 0 Å². The Morgan fingerprint density at radius 3 is 1.07 bits per heavy atom. The summed E-state index contributed by atoms with van der Waals surface area (Å²) in [6.45, 7) is 0. The van der Waals surface area contributed by atoms with E-state index >= 15 is 0 Å². The van der Waals surface area contributed by atoms with Crippen molar-refractivity contribution in [2.45, 2.75) is 0 Å². The fourth-order valence-corrected chi connectivity index (χ4v) is 1.57. The maximum absolute atomic E-state index is 4.52. The summed E-state index contributed by atoms with van der Waals surface area (Å²) < 4.78 is 0. The number of rotatable bonds is 0. The molecule has 67 valence electrons. The first-order chi connectivity index (χ1) is 6.93. The second-order valence-electron chi connectivity index (χ2n) is 3.20. The van der Waals surface area contributed by atoms with Crippen LogP contribution in [0.5, 0.6) is 0 Å². The smallest absolute Gasteiger partial charge is 0.0894 e. The average molecular weight is 203 g/mol. The van der Waals surface area contributed by atoms with Crippen molar-refractivity contribution >= 4 is 51.6 Å². The first-order valence-corrected chi connectivity index (χ1v) is 4.55. The normalized spacial score (nSPS) is 10.1. The molecule has 0 amide bonds. The number of aromatic nitrogens is 2. The van der Waals surface area contributed by atoms with Crippen molar-refractivity contribution in [3.05, 3.63) is 48.5 Å². The zero-order valence-electron chi connectivity index (χ0n) is 8.51. The fraction of sp³-hybridized carbons (Fsp3) is 0. The molecule has 2 nitrogen and oxygen atoms in total. The summed E-state index contributed by atoms with van der Waals surface area (Å²) in [7, 11) is 0. The Balaban J connectivity index is 0.000000853. The summed E-state index contributed by atoms with van der Waals surface area (Å²) in [5.41, 5.74) is 3.80. The van der Waals surface area contributed by atoms with Crippen molar-refractivity contribution in [2.24, 2.45) is 0 Å². The molecule has 0 atom stereocenters. The summed E-state index contributed by atoms with van der Waals surface area (Å²) in [5.74, 6) is 0. The molecule has 0 unspecified atom stereocenters. The van der Waals surface area contributed by atoms with E-state index in [0.29, 0.717) is 0 Å². The summed E-state index contributed by atoms with van der Waals surface area (Å²) in [5, 5.41) is 0. The van der Waals surface area contributed by atoms with Gasteiger partial charge in [-0.05, 0) is 24.3 Å². The summed E-state index contributed by atoms with van der Waals surface area (Å²) in [6, 6.07) is 15.8. The molecule has 0 saturated heterocycles. The van der Waals surface area contributed by atoms with Gasteiger partial charge in [-0.2, -0.15) is 0 Å². The molecular formula is C12H8N2Na. The number of fused-ring (bicyclic) bond motifs is 2. The largest absolute Gasteiger partial charge is 0.245 e. The Hall–Kier alpha value is -0.960. The molecule has 0 saturated carbocycles. The van der Waals surface area contributed by atoms with Crippen LogP contribution in [-0.4, -0.2) is 39.5 Å². The molecule has 0 aliphatic rings. The Labute approximate surface area is 110 Å². The van der Waals surface area contributed by atoms with Gasteiger partial charge in [0, 0.05) is 29.6 Å². The van der Waals surface area contributed by atoms with Crippen molar-refractivity contribution in [2.75, 3.05) is 0 Å². The molecule has 0 aliphatic heterocycles. The fourth-order valence-electron chi connectivity index (χ4n) is 1.57. The van der Waals surface area contributed by atoms with Crippen LogP contribution in [0.1, 0.15) is 0 Å². The van der Waals surface area contributed by atoms with Crippen LogP contribution in [0.15, 0.2) is 48.5 Å². The van der Waals surface area contributed by atoms with Gasteiger partial charge in [0.2, 0.25) is 0 Å². The Morgan fingerprint density at radius 2 is 0.800 bits per heavy atom. The van der Waals surface area contributed by atoms with Crippen LogP contribution in [0.25, 0.3) is 22.1 Å². The number of nitrogens with zero attached hydrogens (tertiary/aromatic N) is 2. The van der Waals surface area contributed by atoms with Crippen LogP contribution >= 0.6 is 0 Å². The third-order valence-electron chi connectivity index (χ3n) is 2.25. The zero-order chi connectivity index (χ0) is 9.38. The molecule has 1 radical (unpaired) electrons. The third-order valence-corrected chi connectivity index (χ3v) is 2.25. The van der Waals surface area contributed by atoms with Gasteiger partial charge in [0.25, 0.3) is 0 Å². The van der Waals surface area contributed by atoms with Gasteiger partial charge in [-0.1, -0.05) is 24.3 Å². The third kappa shape index (κ3) is 1.88. The first-order valence-electron chi connectivity index (χ1n) is 4.55. The molecule has 15 heavy (non-hydrogen) atoms. The van der Waals surface area contributed by atoms with E-state index in [4.69, 9.17) is 0 Å². The van der Waals surface area contributed by atoms with E-state index in [1.165, 1.54) is 0 Å². The Bertz CT molecular complexity index is 502. The van der Waals surface area contributed by atoms with Crippen molar-refractivity contribution in [1.29, 1.82) is 0 Å². The quantitative estimate of drug-likeness (QED) is 0.414. The van der Waals surface area contributed by atoms with E-state index in [1.807, 2.05) is 48.5 Å². The minimum absolute atomic E-state index is 0.